The Morgan fingerprint density at radius 2 is 1.97 bits per heavy atom. The van der Waals surface area contributed by atoms with Crippen molar-refractivity contribution in [2.75, 3.05) is 13.1 Å². The molecule has 4 rings (SSSR count). The molecule has 3 aromatic rings. The standard InChI is InChI=1S/C26H31N5O6S/c1-16(2)13-20(30-25(35)21-14-17-7-3-4-8-18(17)28-21)24(34)29-19-9-6-12-31(15-23(19)33)38(36,37)26-22(32)10-5-11-27-26/h3-5,7-8,10-11,14,16,19-20,28,32H,6,9,12-13,15H2,1-2H3,(H,29,34)(H,30,35)/t19-,20?/m0/s1. The number of Topliss-reactive ketones (excluding diaryl/α,β-unsaturated/α-hetero) is 1. The Morgan fingerprint density at radius 3 is 2.68 bits per heavy atom. The zero-order valence-corrected chi connectivity index (χ0v) is 22.0. The zero-order chi connectivity index (χ0) is 27.4. The number of pyridine rings is 1. The Kier molecular flexibility index (Phi) is 8.12. The van der Waals surface area contributed by atoms with Crippen molar-refractivity contribution in [1.82, 2.24) is 24.9 Å². The summed E-state index contributed by atoms with van der Waals surface area (Å²) in [5, 5.41) is 15.8. The lowest BCUT2D eigenvalue weighted by Crippen LogP contribution is -2.52. The molecule has 2 atom stereocenters. The van der Waals surface area contributed by atoms with Gasteiger partial charge in [-0.25, -0.2) is 13.4 Å². The monoisotopic (exact) mass is 541 g/mol. The number of aromatic nitrogens is 2. The molecule has 0 spiro atoms. The van der Waals surface area contributed by atoms with Crippen LogP contribution < -0.4 is 10.6 Å². The number of nitrogens with one attached hydrogen (secondary N) is 3. The number of rotatable bonds is 8. The van der Waals surface area contributed by atoms with Gasteiger partial charge in [-0.1, -0.05) is 32.0 Å². The average Bonchev–Trinajstić information content (AvgIpc) is 3.22. The molecule has 1 fully saturated rings. The maximum Gasteiger partial charge on any atom is 0.268 e. The Labute approximate surface area is 220 Å². The fourth-order valence-electron chi connectivity index (χ4n) is 4.46. The van der Waals surface area contributed by atoms with E-state index in [-0.39, 0.29) is 18.9 Å². The van der Waals surface area contributed by atoms with Crippen molar-refractivity contribution in [1.29, 1.82) is 0 Å². The number of hydrogen-bond donors (Lipinski definition) is 4. The lowest BCUT2D eigenvalue weighted by atomic mass is 10.0. The van der Waals surface area contributed by atoms with Crippen LogP contribution in [0, 0.1) is 5.92 Å². The van der Waals surface area contributed by atoms with Crippen LogP contribution in [-0.4, -0.2) is 70.6 Å². The van der Waals surface area contributed by atoms with Gasteiger partial charge < -0.3 is 20.7 Å². The van der Waals surface area contributed by atoms with Crippen molar-refractivity contribution in [3.63, 3.8) is 0 Å². The number of aromatic hydroxyl groups is 1. The first-order valence-electron chi connectivity index (χ1n) is 12.4. The van der Waals surface area contributed by atoms with E-state index in [2.05, 4.69) is 20.6 Å². The Balaban J connectivity index is 1.45. The second-order valence-electron chi connectivity index (χ2n) is 9.76. The smallest absolute Gasteiger partial charge is 0.268 e. The number of H-pyrrole nitrogens is 1. The van der Waals surface area contributed by atoms with E-state index in [1.54, 1.807) is 6.07 Å². The maximum absolute atomic E-state index is 13.2. The number of fused-ring (bicyclic) bond motifs is 1. The van der Waals surface area contributed by atoms with Crippen LogP contribution in [-0.2, 0) is 19.6 Å². The quantitative estimate of drug-likeness (QED) is 0.339. The van der Waals surface area contributed by atoms with Crippen molar-refractivity contribution in [3.05, 3.63) is 54.4 Å². The van der Waals surface area contributed by atoms with Crippen LogP contribution in [0.5, 0.6) is 5.75 Å². The number of benzene rings is 1. The second kappa shape index (κ2) is 11.3. The molecule has 11 nitrogen and oxygen atoms in total. The first-order valence-corrected chi connectivity index (χ1v) is 13.9. The van der Waals surface area contributed by atoms with Gasteiger partial charge in [-0.15, -0.1) is 0 Å². The fraction of sp³-hybridized carbons (Fsp3) is 0.385. The Morgan fingerprint density at radius 1 is 1.21 bits per heavy atom. The number of para-hydroxylation sites is 1. The van der Waals surface area contributed by atoms with E-state index >= 15 is 0 Å². The molecule has 0 radical (unpaired) electrons. The molecule has 1 aliphatic rings. The minimum atomic E-state index is -4.21. The molecule has 1 unspecified atom stereocenters. The highest BCUT2D eigenvalue weighted by Crippen LogP contribution is 2.24. The first kappa shape index (κ1) is 27.3. The van der Waals surface area contributed by atoms with Gasteiger partial charge >= 0.3 is 0 Å². The molecule has 1 aromatic carbocycles. The Bertz CT molecular complexity index is 1420. The molecule has 202 valence electrons. The third-order valence-corrected chi connectivity index (χ3v) is 8.17. The van der Waals surface area contributed by atoms with E-state index in [1.165, 1.54) is 18.3 Å². The summed E-state index contributed by atoms with van der Waals surface area (Å²) >= 11 is 0. The fourth-order valence-corrected chi connectivity index (χ4v) is 5.90. The SMILES string of the molecule is CC(C)CC(NC(=O)c1cc2ccccc2[nH]1)C(=O)N[C@H]1CCCN(S(=O)(=O)c2ncccc2O)CC1=O. The number of aromatic amines is 1. The molecule has 38 heavy (non-hydrogen) atoms. The summed E-state index contributed by atoms with van der Waals surface area (Å²) in [6.07, 6.45) is 2.13. The highest BCUT2D eigenvalue weighted by Gasteiger charge is 2.36. The number of amides is 2. The van der Waals surface area contributed by atoms with Crippen LogP contribution in [0.1, 0.15) is 43.6 Å². The number of carbonyl (C=O) groups excluding carboxylic acids is 3. The van der Waals surface area contributed by atoms with Crippen LogP contribution in [0.2, 0.25) is 0 Å². The topological polar surface area (TPSA) is 162 Å². The molecule has 3 heterocycles. The van der Waals surface area contributed by atoms with Crippen LogP contribution in [0.4, 0.5) is 0 Å². The number of ketones is 1. The number of hydrogen-bond acceptors (Lipinski definition) is 7. The third kappa shape index (κ3) is 6.03. The van der Waals surface area contributed by atoms with E-state index in [0.717, 1.165) is 15.2 Å². The number of carbonyl (C=O) groups is 3. The van der Waals surface area contributed by atoms with Gasteiger partial charge in [-0.05, 0) is 49.4 Å². The van der Waals surface area contributed by atoms with E-state index in [9.17, 15) is 27.9 Å². The van der Waals surface area contributed by atoms with Crippen LogP contribution >= 0.6 is 0 Å². The maximum atomic E-state index is 13.2. The molecule has 0 aliphatic carbocycles. The number of sulfonamides is 1. The lowest BCUT2D eigenvalue weighted by Gasteiger charge is -2.23. The summed E-state index contributed by atoms with van der Waals surface area (Å²) < 4.78 is 27.0. The summed E-state index contributed by atoms with van der Waals surface area (Å²) in [7, 11) is -4.21. The van der Waals surface area contributed by atoms with Gasteiger partial charge in [0.05, 0.1) is 12.6 Å². The molecule has 1 saturated heterocycles. The van der Waals surface area contributed by atoms with Crippen molar-refractivity contribution in [2.24, 2.45) is 5.92 Å². The van der Waals surface area contributed by atoms with Gasteiger partial charge in [-0.2, -0.15) is 4.31 Å². The molecule has 2 amide bonds. The normalized spacial score (nSPS) is 17.8. The van der Waals surface area contributed by atoms with Gasteiger partial charge in [0.25, 0.3) is 15.9 Å². The molecular weight excluding hydrogens is 510 g/mol. The Hall–Kier alpha value is -3.77. The van der Waals surface area contributed by atoms with Crippen LogP contribution in [0.25, 0.3) is 10.9 Å². The van der Waals surface area contributed by atoms with E-state index in [4.69, 9.17) is 0 Å². The third-order valence-electron chi connectivity index (χ3n) is 6.38. The molecular formula is C26H31N5O6S. The molecule has 12 heteroatoms. The molecule has 2 aromatic heterocycles. The summed E-state index contributed by atoms with van der Waals surface area (Å²) in [6.45, 7) is 3.40. The van der Waals surface area contributed by atoms with Crippen molar-refractivity contribution in [3.8, 4) is 5.75 Å². The minimum absolute atomic E-state index is 0.0308. The molecule has 0 bridgehead atoms. The molecule has 1 aliphatic heterocycles. The highest BCUT2D eigenvalue weighted by molar-refractivity contribution is 7.89. The summed E-state index contributed by atoms with van der Waals surface area (Å²) in [6, 6.07) is 9.94. The predicted octanol–water partition coefficient (Wildman–Crippen LogP) is 1.95. The van der Waals surface area contributed by atoms with Crippen molar-refractivity contribution < 1.29 is 27.9 Å². The van der Waals surface area contributed by atoms with E-state index in [0.29, 0.717) is 18.5 Å². The zero-order valence-electron chi connectivity index (χ0n) is 21.2. The average molecular weight is 542 g/mol. The molecule has 0 saturated carbocycles. The van der Waals surface area contributed by atoms with Gasteiger partial charge in [0.15, 0.2) is 11.5 Å². The van der Waals surface area contributed by atoms with Gasteiger partial charge in [-0.3, -0.25) is 14.4 Å². The molecule has 4 N–H and O–H groups in total. The predicted molar refractivity (Wildman–Crippen MR) is 140 cm³/mol. The van der Waals surface area contributed by atoms with Crippen molar-refractivity contribution >= 4 is 38.5 Å². The van der Waals surface area contributed by atoms with E-state index in [1.807, 2.05) is 38.1 Å². The van der Waals surface area contributed by atoms with Crippen LogP contribution in [0.3, 0.4) is 0 Å². The van der Waals surface area contributed by atoms with Gasteiger partial charge in [0.1, 0.15) is 11.7 Å². The van der Waals surface area contributed by atoms with E-state index < -0.39 is 57.0 Å². The summed E-state index contributed by atoms with van der Waals surface area (Å²) in [5.41, 5.74) is 1.11. The van der Waals surface area contributed by atoms with Crippen LogP contribution in [0.15, 0.2) is 53.7 Å². The summed E-state index contributed by atoms with van der Waals surface area (Å²) in [4.78, 5) is 46.0. The van der Waals surface area contributed by atoms with Gasteiger partial charge in [0.2, 0.25) is 10.9 Å². The van der Waals surface area contributed by atoms with Gasteiger partial charge in [0, 0.05) is 23.6 Å². The van der Waals surface area contributed by atoms with Crippen molar-refractivity contribution in [2.45, 2.75) is 50.2 Å². The highest BCUT2D eigenvalue weighted by atomic mass is 32.2. The minimum Gasteiger partial charge on any atom is -0.505 e. The summed E-state index contributed by atoms with van der Waals surface area (Å²) in [5.74, 6) is -1.87. The lowest BCUT2D eigenvalue weighted by molar-refractivity contribution is -0.129. The first-order chi connectivity index (χ1) is 18.1. The largest absolute Gasteiger partial charge is 0.505 e. The second-order valence-corrected chi connectivity index (χ2v) is 11.6. The number of nitrogens with zero attached hydrogens (tertiary/aromatic N) is 2.